The number of rotatable bonds is 5. The van der Waals surface area contributed by atoms with Crippen LogP contribution >= 0.6 is 11.3 Å². The summed E-state index contributed by atoms with van der Waals surface area (Å²) in [6.45, 7) is 6.96. The zero-order chi connectivity index (χ0) is 12.5. The summed E-state index contributed by atoms with van der Waals surface area (Å²) in [4.78, 5) is 3.16. The minimum absolute atomic E-state index is 0.505. The van der Waals surface area contributed by atoms with Crippen LogP contribution in [0.25, 0.3) is 0 Å². The zero-order valence-corrected chi connectivity index (χ0v) is 12.4. The molecule has 0 spiro atoms. The monoisotopic (exact) mass is 251 g/mol. The standard InChI is InChI=1S/C15H25NS/c1-5-11-8-9-13(17-11)12-10-14(16-4)15(12,6-2)7-3/h8-9,12,14,16H,5-7,10H2,1-4H3. The fourth-order valence-electron chi connectivity index (χ4n) is 3.60. The van der Waals surface area contributed by atoms with E-state index in [4.69, 9.17) is 0 Å². The van der Waals surface area contributed by atoms with E-state index in [1.165, 1.54) is 30.6 Å². The van der Waals surface area contributed by atoms with Gasteiger partial charge < -0.3 is 5.32 Å². The zero-order valence-electron chi connectivity index (χ0n) is 11.5. The van der Waals surface area contributed by atoms with Crippen LogP contribution < -0.4 is 5.32 Å². The molecule has 0 amide bonds. The Morgan fingerprint density at radius 1 is 1.29 bits per heavy atom. The van der Waals surface area contributed by atoms with Gasteiger partial charge in [-0.1, -0.05) is 20.8 Å². The van der Waals surface area contributed by atoms with Gasteiger partial charge in [0.2, 0.25) is 0 Å². The van der Waals surface area contributed by atoms with Gasteiger partial charge in [0.05, 0.1) is 0 Å². The van der Waals surface area contributed by atoms with E-state index in [-0.39, 0.29) is 0 Å². The van der Waals surface area contributed by atoms with Gasteiger partial charge in [-0.15, -0.1) is 11.3 Å². The average molecular weight is 251 g/mol. The van der Waals surface area contributed by atoms with Gasteiger partial charge >= 0.3 is 0 Å². The van der Waals surface area contributed by atoms with Crippen molar-refractivity contribution in [3.05, 3.63) is 21.9 Å². The van der Waals surface area contributed by atoms with Gasteiger partial charge in [0, 0.05) is 21.7 Å². The fraction of sp³-hybridized carbons (Fsp3) is 0.733. The van der Waals surface area contributed by atoms with Crippen molar-refractivity contribution in [2.45, 2.75) is 58.4 Å². The quantitative estimate of drug-likeness (QED) is 0.827. The first-order chi connectivity index (χ1) is 8.21. The predicted molar refractivity (Wildman–Crippen MR) is 76.9 cm³/mol. The van der Waals surface area contributed by atoms with Crippen LogP contribution in [0.5, 0.6) is 0 Å². The van der Waals surface area contributed by atoms with Crippen molar-refractivity contribution in [1.82, 2.24) is 5.32 Å². The van der Waals surface area contributed by atoms with Gasteiger partial charge in [0.1, 0.15) is 0 Å². The molecule has 0 aromatic carbocycles. The molecule has 0 aliphatic heterocycles. The second-order valence-electron chi connectivity index (χ2n) is 5.23. The molecule has 2 unspecified atom stereocenters. The van der Waals surface area contributed by atoms with Crippen LogP contribution in [0.4, 0.5) is 0 Å². The Morgan fingerprint density at radius 3 is 2.47 bits per heavy atom. The molecule has 17 heavy (non-hydrogen) atoms. The Hall–Kier alpha value is -0.340. The maximum atomic E-state index is 3.52. The van der Waals surface area contributed by atoms with Crippen LogP contribution in [0.2, 0.25) is 0 Å². The molecule has 1 aromatic rings. The summed E-state index contributed by atoms with van der Waals surface area (Å²) in [5.74, 6) is 0.792. The minimum atomic E-state index is 0.505. The average Bonchev–Trinajstić information content (AvgIpc) is 2.79. The molecule has 1 aliphatic rings. The van der Waals surface area contributed by atoms with Crippen molar-refractivity contribution in [2.75, 3.05) is 7.05 Å². The highest BCUT2D eigenvalue weighted by Crippen LogP contribution is 2.58. The lowest BCUT2D eigenvalue weighted by atomic mass is 9.53. The minimum Gasteiger partial charge on any atom is -0.316 e. The van der Waals surface area contributed by atoms with Gasteiger partial charge in [-0.3, -0.25) is 0 Å². The van der Waals surface area contributed by atoms with Gasteiger partial charge in [-0.25, -0.2) is 0 Å². The van der Waals surface area contributed by atoms with Crippen LogP contribution in [0.15, 0.2) is 12.1 Å². The number of nitrogens with one attached hydrogen (secondary N) is 1. The van der Waals surface area contributed by atoms with Gasteiger partial charge in [0.25, 0.3) is 0 Å². The Balaban J connectivity index is 2.22. The number of aryl methyl sites for hydroxylation is 1. The van der Waals surface area contributed by atoms with Crippen LogP contribution in [0.3, 0.4) is 0 Å². The lowest BCUT2D eigenvalue weighted by Gasteiger charge is -2.56. The highest BCUT2D eigenvalue weighted by atomic mass is 32.1. The van der Waals surface area contributed by atoms with E-state index in [0.717, 1.165) is 12.0 Å². The van der Waals surface area contributed by atoms with Crippen molar-refractivity contribution in [1.29, 1.82) is 0 Å². The Bertz CT molecular complexity index is 365. The first-order valence-electron chi connectivity index (χ1n) is 6.97. The van der Waals surface area contributed by atoms with Crippen molar-refractivity contribution in [3.8, 4) is 0 Å². The molecule has 0 radical (unpaired) electrons. The second kappa shape index (κ2) is 5.11. The number of hydrogen-bond acceptors (Lipinski definition) is 2. The lowest BCUT2D eigenvalue weighted by molar-refractivity contribution is 0.0264. The first kappa shape index (κ1) is 13.1. The summed E-state index contributed by atoms with van der Waals surface area (Å²) in [7, 11) is 2.12. The highest BCUT2D eigenvalue weighted by molar-refractivity contribution is 7.12. The summed E-state index contributed by atoms with van der Waals surface area (Å²) >= 11 is 2.03. The van der Waals surface area contributed by atoms with Gasteiger partial charge in [0.15, 0.2) is 0 Å². The van der Waals surface area contributed by atoms with E-state index in [2.05, 4.69) is 45.3 Å². The van der Waals surface area contributed by atoms with Crippen LogP contribution in [0, 0.1) is 5.41 Å². The molecule has 2 heteroatoms. The molecule has 0 saturated heterocycles. The Kier molecular flexibility index (Phi) is 3.94. The van der Waals surface area contributed by atoms with E-state index in [0.29, 0.717) is 5.41 Å². The normalized spacial score (nSPS) is 26.8. The van der Waals surface area contributed by atoms with Crippen LogP contribution in [0.1, 0.15) is 55.7 Å². The van der Waals surface area contributed by atoms with Crippen LogP contribution in [-0.2, 0) is 6.42 Å². The largest absolute Gasteiger partial charge is 0.316 e. The molecule has 2 atom stereocenters. The van der Waals surface area contributed by atoms with Crippen molar-refractivity contribution >= 4 is 11.3 Å². The molecule has 2 rings (SSSR count). The fourth-order valence-corrected chi connectivity index (χ4v) is 4.79. The van der Waals surface area contributed by atoms with Crippen LogP contribution in [-0.4, -0.2) is 13.1 Å². The first-order valence-corrected chi connectivity index (χ1v) is 7.79. The molecule has 1 N–H and O–H groups in total. The van der Waals surface area contributed by atoms with E-state index in [9.17, 15) is 0 Å². The summed E-state index contributed by atoms with van der Waals surface area (Å²) < 4.78 is 0. The number of hydrogen-bond donors (Lipinski definition) is 1. The van der Waals surface area contributed by atoms with E-state index >= 15 is 0 Å². The highest BCUT2D eigenvalue weighted by Gasteiger charge is 2.52. The molecule has 1 aromatic heterocycles. The molecule has 1 saturated carbocycles. The topological polar surface area (TPSA) is 12.0 Å². The molecular weight excluding hydrogens is 226 g/mol. The summed E-state index contributed by atoms with van der Waals surface area (Å²) in [5, 5.41) is 3.52. The molecule has 1 heterocycles. The molecule has 1 nitrogen and oxygen atoms in total. The summed E-state index contributed by atoms with van der Waals surface area (Å²) in [5.41, 5.74) is 0.505. The van der Waals surface area contributed by atoms with Crippen molar-refractivity contribution < 1.29 is 0 Å². The third-order valence-corrected chi connectivity index (χ3v) is 6.24. The van der Waals surface area contributed by atoms with E-state index in [1.54, 1.807) is 4.88 Å². The maximum absolute atomic E-state index is 3.52. The third-order valence-electron chi connectivity index (χ3n) is 4.90. The molecule has 0 bridgehead atoms. The molecule has 1 aliphatic carbocycles. The lowest BCUT2D eigenvalue weighted by Crippen LogP contribution is -2.56. The maximum Gasteiger partial charge on any atom is 0.0133 e. The SMILES string of the molecule is CCc1ccc(C2CC(NC)C2(CC)CC)s1. The summed E-state index contributed by atoms with van der Waals surface area (Å²) in [6, 6.07) is 5.41. The molecule has 96 valence electrons. The van der Waals surface area contributed by atoms with Gasteiger partial charge in [-0.05, 0) is 50.3 Å². The van der Waals surface area contributed by atoms with Crippen molar-refractivity contribution in [2.24, 2.45) is 5.41 Å². The summed E-state index contributed by atoms with van der Waals surface area (Å²) in [6.07, 6.45) is 5.08. The predicted octanol–water partition coefficient (Wildman–Crippen LogP) is 4.19. The third kappa shape index (κ3) is 1.96. The second-order valence-corrected chi connectivity index (χ2v) is 6.43. The number of thiophene rings is 1. The smallest absolute Gasteiger partial charge is 0.0133 e. The molecule has 1 fully saturated rings. The Morgan fingerprint density at radius 2 is 2.00 bits per heavy atom. The Labute approximate surface area is 110 Å². The van der Waals surface area contributed by atoms with E-state index < -0.39 is 0 Å². The van der Waals surface area contributed by atoms with E-state index in [1.807, 2.05) is 11.3 Å². The van der Waals surface area contributed by atoms with Gasteiger partial charge in [-0.2, -0.15) is 0 Å². The molecular formula is C15H25NS. The van der Waals surface area contributed by atoms with Crippen molar-refractivity contribution in [3.63, 3.8) is 0 Å².